The van der Waals surface area contributed by atoms with Gasteiger partial charge in [0, 0.05) is 31.9 Å². The van der Waals surface area contributed by atoms with E-state index in [9.17, 15) is 8.42 Å². The van der Waals surface area contributed by atoms with Gasteiger partial charge in [-0.05, 0) is 6.92 Å². The van der Waals surface area contributed by atoms with Crippen LogP contribution >= 0.6 is 0 Å². The molecular weight excluding hydrogens is 216 g/mol. The third kappa shape index (κ3) is 3.61. The number of nitrogens with two attached hydrogens (primary N) is 1. The van der Waals surface area contributed by atoms with Gasteiger partial charge in [-0.2, -0.15) is 0 Å². The molecule has 1 aromatic rings. The first-order valence-corrected chi connectivity index (χ1v) is 6.27. The van der Waals surface area contributed by atoms with Crippen LogP contribution in [0.4, 0.5) is 0 Å². The van der Waals surface area contributed by atoms with Crippen LogP contribution in [0.5, 0.6) is 0 Å². The predicted octanol–water partition coefficient (Wildman–Crippen LogP) is -0.781. The molecule has 0 fully saturated rings. The molecule has 86 valence electrons. The molecule has 0 aromatic carbocycles. The highest BCUT2D eigenvalue weighted by Gasteiger charge is 2.17. The molecule has 1 aromatic heterocycles. The van der Waals surface area contributed by atoms with Crippen molar-refractivity contribution in [2.75, 3.05) is 13.1 Å². The molecule has 4 N–H and O–H groups in total. The third-order valence-corrected chi connectivity index (χ3v) is 3.94. The van der Waals surface area contributed by atoms with Gasteiger partial charge >= 0.3 is 0 Å². The molecule has 1 unspecified atom stereocenters. The molecular formula is C8H16N4O2S. The lowest BCUT2D eigenvalue weighted by molar-refractivity contribution is 0.568. The summed E-state index contributed by atoms with van der Waals surface area (Å²) in [6.07, 6.45) is 3.88. The van der Waals surface area contributed by atoms with Gasteiger partial charge in [-0.1, -0.05) is 0 Å². The second-order valence-corrected chi connectivity index (χ2v) is 5.45. The van der Waals surface area contributed by atoms with Crippen molar-refractivity contribution in [3.63, 3.8) is 0 Å². The number of imidazole rings is 1. The van der Waals surface area contributed by atoms with E-state index >= 15 is 0 Å². The van der Waals surface area contributed by atoms with Gasteiger partial charge in [-0.15, -0.1) is 0 Å². The molecule has 0 spiro atoms. The number of hydrogen-bond acceptors (Lipinski definition) is 4. The van der Waals surface area contributed by atoms with E-state index in [-0.39, 0.29) is 6.54 Å². The summed E-state index contributed by atoms with van der Waals surface area (Å²) in [5.41, 5.74) is 5.29. The van der Waals surface area contributed by atoms with Crippen molar-refractivity contribution < 1.29 is 8.42 Å². The largest absolute Gasteiger partial charge is 0.349 e. The fraction of sp³-hybridized carbons (Fsp3) is 0.625. The number of rotatable bonds is 6. The van der Waals surface area contributed by atoms with Crippen LogP contribution in [-0.2, 0) is 16.4 Å². The summed E-state index contributed by atoms with van der Waals surface area (Å²) in [5, 5.41) is -0.561. The van der Waals surface area contributed by atoms with Crippen LogP contribution in [0, 0.1) is 0 Å². The number of hydrogen-bond donors (Lipinski definition) is 3. The van der Waals surface area contributed by atoms with Gasteiger partial charge in [-0.3, -0.25) is 0 Å². The topological polar surface area (TPSA) is 101 Å². The van der Waals surface area contributed by atoms with Gasteiger partial charge in [0.05, 0.1) is 5.25 Å². The van der Waals surface area contributed by atoms with Crippen molar-refractivity contribution in [2.45, 2.75) is 18.6 Å². The Labute approximate surface area is 89.3 Å². The summed E-state index contributed by atoms with van der Waals surface area (Å²) in [5.74, 6) is 0.762. The average molecular weight is 232 g/mol. The van der Waals surface area contributed by atoms with Crippen LogP contribution in [0.2, 0.25) is 0 Å². The van der Waals surface area contributed by atoms with Gasteiger partial charge in [0.1, 0.15) is 5.82 Å². The second-order valence-electron chi connectivity index (χ2n) is 3.27. The predicted molar refractivity (Wildman–Crippen MR) is 57.7 cm³/mol. The molecule has 0 bridgehead atoms. The Hall–Kier alpha value is -0.920. The van der Waals surface area contributed by atoms with Crippen molar-refractivity contribution in [3.05, 3.63) is 18.2 Å². The zero-order chi connectivity index (χ0) is 11.3. The molecule has 0 aliphatic rings. The van der Waals surface area contributed by atoms with Crippen LogP contribution in [0.1, 0.15) is 12.7 Å². The fourth-order valence-corrected chi connectivity index (χ4v) is 1.94. The van der Waals surface area contributed by atoms with Crippen molar-refractivity contribution in [1.29, 1.82) is 0 Å². The number of aromatic nitrogens is 2. The van der Waals surface area contributed by atoms with E-state index in [4.69, 9.17) is 5.73 Å². The van der Waals surface area contributed by atoms with Crippen molar-refractivity contribution in [3.8, 4) is 0 Å². The highest BCUT2D eigenvalue weighted by Crippen LogP contribution is 1.96. The van der Waals surface area contributed by atoms with Crippen LogP contribution in [0.3, 0.4) is 0 Å². The molecule has 0 aliphatic carbocycles. The summed E-state index contributed by atoms with van der Waals surface area (Å²) >= 11 is 0. The summed E-state index contributed by atoms with van der Waals surface area (Å²) < 4.78 is 25.4. The second kappa shape index (κ2) is 5.24. The molecule has 1 atom stereocenters. The van der Waals surface area contributed by atoms with Crippen LogP contribution in [0.25, 0.3) is 0 Å². The molecule has 0 amide bonds. The Morgan fingerprint density at radius 3 is 2.93 bits per heavy atom. The molecule has 0 aliphatic heterocycles. The molecule has 0 saturated heterocycles. The van der Waals surface area contributed by atoms with Gasteiger partial charge in [0.15, 0.2) is 0 Å². The minimum Gasteiger partial charge on any atom is -0.349 e. The van der Waals surface area contributed by atoms with Crippen molar-refractivity contribution in [1.82, 2.24) is 14.7 Å². The number of aromatic amines is 1. The number of nitrogens with one attached hydrogen (secondary N) is 2. The fourth-order valence-electron chi connectivity index (χ4n) is 1.02. The average Bonchev–Trinajstić information content (AvgIpc) is 2.69. The number of nitrogens with zero attached hydrogens (tertiary/aromatic N) is 1. The van der Waals surface area contributed by atoms with Crippen LogP contribution < -0.4 is 10.5 Å². The Bertz CT molecular complexity index is 373. The maximum Gasteiger partial charge on any atom is 0.215 e. The van der Waals surface area contributed by atoms with E-state index in [0.29, 0.717) is 13.0 Å². The standard InChI is InChI=1S/C8H16N4O2S/c1-7(6-9)15(13,14)12-3-2-8-10-4-5-11-8/h4-5,7,12H,2-3,6,9H2,1H3,(H,10,11). The monoisotopic (exact) mass is 232 g/mol. The summed E-state index contributed by atoms with van der Waals surface area (Å²) in [7, 11) is -3.28. The van der Waals surface area contributed by atoms with E-state index in [2.05, 4.69) is 14.7 Å². The molecule has 7 heteroatoms. The lowest BCUT2D eigenvalue weighted by atomic mass is 10.4. The first kappa shape index (κ1) is 12.2. The highest BCUT2D eigenvalue weighted by atomic mass is 32.2. The van der Waals surface area contributed by atoms with E-state index in [0.717, 1.165) is 5.82 Å². The third-order valence-electron chi connectivity index (χ3n) is 2.08. The Morgan fingerprint density at radius 1 is 1.67 bits per heavy atom. The number of H-pyrrole nitrogens is 1. The van der Waals surface area contributed by atoms with Crippen LogP contribution in [-0.4, -0.2) is 36.7 Å². The first-order valence-electron chi connectivity index (χ1n) is 4.73. The molecule has 0 radical (unpaired) electrons. The van der Waals surface area contributed by atoms with Gasteiger partial charge < -0.3 is 10.7 Å². The van der Waals surface area contributed by atoms with E-state index < -0.39 is 15.3 Å². The smallest absolute Gasteiger partial charge is 0.215 e. The zero-order valence-corrected chi connectivity index (χ0v) is 9.42. The minimum absolute atomic E-state index is 0.121. The van der Waals surface area contributed by atoms with Gasteiger partial charge in [0.25, 0.3) is 0 Å². The summed E-state index contributed by atoms with van der Waals surface area (Å²) in [6.45, 7) is 2.03. The lowest BCUT2D eigenvalue weighted by Crippen LogP contribution is -2.38. The highest BCUT2D eigenvalue weighted by molar-refractivity contribution is 7.90. The Kier molecular flexibility index (Phi) is 4.25. The molecule has 1 heterocycles. The quantitative estimate of drug-likeness (QED) is 0.599. The van der Waals surface area contributed by atoms with Crippen molar-refractivity contribution >= 4 is 10.0 Å². The summed E-state index contributed by atoms with van der Waals surface area (Å²) in [6, 6.07) is 0. The van der Waals surface area contributed by atoms with Crippen LogP contribution in [0.15, 0.2) is 12.4 Å². The molecule has 1 rings (SSSR count). The van der Waals surface area contributed by atoms with E-state index in [1.807, 2.05) is 0 Å². The maximum atomic E-state index is 11.5. The van der Waals surface area contributed by atoms with Gasteiger partial charge in [-0.25, -0.2) is 18.1 Å². The van der Waals surface area contributed by atoms with Crippen molar-refractivity contribution in [2.24, 2.45) is 5.73 Å². The minimum atomic E-state index is -3.28. The van der Waals surface area contributed by atoms with Gasteiger partial charge in [0.2, 0.25) is 10.0 Å². The molecule has 6 nitrogen and oxygen atoms in total. The molecule has 0 saturated carbocycles. The normalized spacial score (nSPS) is 14.0. The molecule has 15 heavy (non-hydrogen) atoms. The Morgan fingerprint density at radius 2 is 2.40 bits per heavy atom. The zero-order valence-electron chi connectivity index (χ0n) is 8.60. The lowest BCUT2D eigenvalue weighted by Gasteiger charge is -2.10. The first-order chi connectivity index (χ1) is 7.06. The number of sulfonamides is 1. The Balaban J connectivity index is 2.37. The van der Waals surface area contributed by atoms with E-state index in [1.165, 1.54) is 0 Å². The van der Waals surface area contributed by atoms with E-state index in [1.54, 1.807) is 19.3 Å². The summed E-state index contributed by atoms with van der Waals surface area (Å²) in [4.78, 5) is 6.88. The SMILES string of the molecule is CC(CN)S(=O)(=O)NCCc1ncc[nH]1. The maximum absolute atomic E-state index is 11.5.